The van der Waals surface area contributed by atoms with Gasteiger partial charge in [-0.3, -0.25) is 4.90 Å². The van der Waals surface area contributed by atoms with Crippen molar-refractivity contribution >= 4 is 11.8 Å². The van der Waals surface area contributed by atoms with Crippen LogP contribution in [0.1, 0.15) is 18.4 Å². The van der Waals surface area contributed by atoms with Crippen molar-refractivity contribution in [1.29, 1.82) is 0 Å². The Hall–Kier alpha value is -0.580. The fourth-order valence-electron chi connectivity index (χ4n) is 2.01. The summed E-state index contributed by atoms with van der Waals surface area (Å²) in [4.78, 5) is 2.15. The van der Waals surface area contributed by atoms with Crippen LogP contribution in [0.15, 0.2) is 24.3 Å². The van der Waals surface area contributed by atoms with Crippen molar-refractivity contribution in [2.45, 2.75) is 25.4 Å². The third kappa shape index (κ3) is 4.96. The van der Waals surface area contributed by atoms with E-state index >= 15 is 0 Å². The Balaban J connectivity index is 2.51. The van der Waals surface area contributed by atoms with E-state index in [0.29, 0.717) is 19.1 Å². The van der Waals surface area contributed by atoms with Crippen molar-refractivity contribution in [3.05, 3.63) is 35.6 Å². The smallest absolute Gasteiger partial charge is 0.127 e. The van der Waals surface area contributed by atoms with E-state index in [2.05, 4.69) is 11.2 Å². The Morgan fingerprint density at radius 3 is 2.72 bits per heavy atom. The van der Waals surface area contributed by atoms with Crippen molar-refractivity contribution in [3.63, 3.8) is 0 Å². The maximum absolute atomic E-state index is 13.6. The molecule has 102 valence electrons. The zero-order valence-corrected chi connectivity index (χ0v) is 12.0. The first kappa shape index (κ1) is 15.5. The Morgan fingerprint density at radius 1 is 1.39 bits per heavy atom. The van der Waals surface area contributed by atoms with Gasteiger partial charge in [-0.1, -0.05) is 18.2 Å². The molecule has 0 bridgehead atoms. The van der Waals surface area contributed by atoms with Crippen molar-refractivity contribution in [2.24, 2.45) is 5.73 Å². The quantitative estimate of drug-likeness (QED) is 0.737. The second kappa shape index (κ2) is 8.51. The number of hydrogen-bond acceptors (Lipinski definition) is 3. The molecule has 0 radical (unpaired) electrons. The summed E-state index contributed by atoms with van der Waals surface area (Å²) >= 11 is 1.85. The van der Waals surface area contributed by atoms with E-state index in [9.17, 15) is 4.39 Å². The molecule has 0 spiro atoms. The molecule has 2 N–H and O–H groups in total. The molecule has 0 aliphatic carbocycles. The zero-order valence-electron chi connectivity index (χ0n) is 11.2. The average Bonchev–Trinajstić information content (AvgIpc) is 2.37. The topological polar surface area (TPSA) is 29.3 Å². The second-order valence-electron chi connectivity index (χ2n) is 4.53. The average molecular weight is 270 g/mol. The summed E-state index contributed by atoms with van der Waals surface area (Å²) < 4.78 is 13.6. The summed E-state index contributed by atoms with van der Waals surface area (Å²) in [5, 5.41) is 0. The summed E-state index contributed by atoms with van der Waals surface area (Å²) in [7, 11) is 2.02. The Bertz CT molecular complexity index is 346. The standard InChI is InChI=1S/C14H23FN2S/c1-17(13(10-16)7-5-9-18-2)11-12-6-3-4-8-14(12)15/h3-4,6,8,13H,5,7,9-11,16H2,1-2H3. The van der Waals surface area contributed by atoms with Crippen LogP contribution in [0.5, 0.6) is 0 Å². The number of halogens is 1. The van der Waals surface area contributed by atoms with Crippen LogP contribution < -0.4 is 5.73 Å². The maximum Gasteiger partial charge on any atom is 0.127 e. The van der Waals surface area contributed by atoms with Gasteiger partial charge in [0.2, 0.25) is 0 Å². The van der Waals surface area contributed by atoms with E-state index < -0.39 is 0 Å². The minimum atomic E-state index is -0.135. The number of rotatable bonds is 8. The van der Waals surface area contributed by atoms with Crippen molar-refractivity contribution in [3.8, 4) is 0 Å². The van der Waals surface area contributed by atoms with Crippen LogP contribution in [-0.4, -0.2) is 36.5 Å². The summed E-state index contributed by atoms with van der Waals surface area (Å²) in [5.74, 6) is 1.02. The number of benzene rings is 1. The van der Waals surface area contributed by atoms with Crippen molar-refractivity contribution in [2.75, 3.05) is 25.6 Å². The van der Waals surface area contributed by atoms with E-state index in [4.69, 9.17) is 5.73 Å². The highest BCUT2D eigenvalue weighted by atomic mass is 32.2. The third-order valence-electron chi connectivity index (χ3n) is 3.16. The highest BCUT2D eigenvalue weighted by Crippen LogP contribution is 2.13. The molecule has 1 atom stereocenters. The van der Waals surface area contributed by atoms with E-state index in [1.54, 1.807) is 6.07 Å². The molecule has 0 heterocycles. The molecule has 1 rings (SSSR count). The van der Waals surface area contributed by atoms with Gasteiger partial charge in [0, 0.05) is 24.7 Å². The minimum Gasteiger partial charge on any atom is -0.329 e. The number of likely N-dealkylation sites (N-methyl/N-ethyl adjacent to an activating group) is 1. The van der Waals surface area contributed by atoms with Gasteiger partial charge < -0.3 is 5.73 Å². The van der Waals surface area contributed by atoms with Gasteiger partial charge in [-0.2, -0.15) is 11.8 Å². The van der Waals surface area contributed by atoms with E-state index in [1.165, 1.54) is 6.07 Å². The number of hydrogen-bond donors (Lipinski definition) is 1. The van der Waals surface area contributed by atoms with E-state index in [1.807, 2.05) is 30.9 Å². The largest absolute Gasteiger partial charge is 0.329 e. The lowest BCUT2D eigenvalue weighted by atomic mass is 10.1. The first-order valence-electron chi connectivity index (χ1n) is 6.31. The molecule has 1 unspecified atom stereocenters. The van der Waals surface area contributed by atoms with Crippen LogP contribution in [0.3, 0.4) is 0 Å². The Morgan fingerprint density at radius 2 is 2.11 bits per heavy atom. The number of nitrogens with two attached hydrogens (primary N) is 1. The molecule has 18 heavy (non-hydrogen) atoms. The lowest BCUT2D eigenvalue weighted by molar-refractivity contribution is 0.223. The first-order valence-corrected chi connectivity index (χ1v) is 7.71. The predicted molar refractivity (Wildman–Crippen MR) is 78.3 cm³/mol. The summed E-state index contributed by atoms with van der Waals surface area (Å²) in [6.45, 7) is 1.24. The third-order valence-corrected chi connectivity index (χ3v) is 3.86. The molecule has 0 aromatic heterocycles. The highest BCUT2D eigenvalue weighted by Gasteiger charge is 2.14. The van der Waals surface area contributed by atoms with E-state index in [-0.39, 0.29) is 5.82 Å². The second-order valence-corrected chi connectivity index (χ2v) is 5.52. The van der Waals surface area contributed by atoms with Gasteiger partial charge >= 0.3 is 0 Å². The van der Waals surface area contributed by atoms with Gasteiger partial charge in [-0.05, 0) is 38.0 Å². The molecule has 0 aliphatic rings. The normalized spacial score (nSPS) is 12.9. The molecule has 2 nitrogen and oxygen atoms in total. The lowest BCUT2D eigenvalue weighted by Crippen LogP contribution is -2.37. The number of nitrogens with zero attached hydrogens (tertiary/aromatic N) is 1. The fourth-order valence-corrected chi connectivity index (χ4v) is 2.46. The zero-order chi connectivity index (χ0) is 13.4. The van der Waals surface area contributed by atoms with Gasteiger partial charge in [0.1, 0.15) is 5.82 Å². The lowest BCUT2D eigenvalue weighted by Gasteiger charge is -2.27. The van der Waals surface area contributed by atoms with Crippen LogP contribution in [0, 0.1) is 5.82 Å². The molecule has 4 heteroatoms. The van der Waals surface area contributed by atoms with Gasteiger partial charge in [-0.15, -0.1) is 0 Å². The van der Waals surface area contributed by atoms with Crippen LogP contribution >= 0.6 is 11.8 Å². The molecule has 0 fully saturated rings. The summed E-state index contributed by atoms with van der Waals surface area (Å²) in [5.41, 5.74) is 6.54. The van der Waals surface area contributed by atoms with Crippen LogP contribution in [-0.2, 0) is 6.54 Å². The summed E-state index contributed by atoms with van der Waals surface area (Å²) in [6, 6.07) is 7.27. The molecule has 0 aliphatic heterocycles. The molecule has 0 saturated carbocycles. The van der Waals surface area contributed by atoms with Crippen molar-refractivity contribution < 1.29 is 4.39 Å². The maximum atomic E-state index is 13.6. The van der Waals surface area contributed by atoms with Crippen LogP contribution in [0.4, 0.5) is 4.39 Å². The van der Waals surface area contributed by atoms with Gasteiger partial charge in [-0.25, -0.2) is 4.39 Å². The predicted octanol–water partition coefficient (Wildman–Crippen LogP) is 2.73. The molecule has 0 saturated heterocycles. The minimum absolute atomic E-state index is 0.135. The summed E-state index contributed by atoms with van der Waals surface area (Å²) in [6.07, 6.45) is 4.34. The first-order chi connectivity index (χ1) is 8.69. The van der Waals surface area contributed by atoms with Crippen LogP contribution in [0.25, 0.3) is 0 Å². The highest BCUT2D eigenvalue weighted by molar-refractivity contribution is 7.98. The van der Waals surface area contributed by atoms with E-state index in [0.717, 1.165) is 24.2 Å². The van der Waals surface area contributed by atoms with Gasteiger partial charge in [0.25, 0.3) is 0 Å². The fraction of sp³-hybridized carbons (Fsp3) is 0.571. The van der Waals surface area contributed by atoms with Crippen molar-refractivity contribution in [1.82, 2.24) is 4.90 Å². The molecular weight excluding hydrogens is 247 g/mol. The van der Waals surface area contributed by atoms with Crippen LogP contribution in [0.2, 0.25) is 0 Å². The monoisotopic (exact) mass is 270 g/mol. The molecule has 0 amide bonds. The Labute approximate surface area is 114 Å². The molecule has 1 aromatic carbocycles. The van der Waals surface area contributed by atoms with Gasteiger partial charge in [0.05, 0.1) is 0 Å². The number of thioether (sulfide) groups is 1. The molecule has 1 aromatic rings. The Kier molecular flexibility index (Phi) is 7.32. The molecular formula is C14H23FN2S. The van der Waals surface area contributed by atoms with Gasteiger partial charge in [0.15, 0.2) is 0 Å². The SMILES string of the molecule is CSCCCC(CN)N(C)Cc1ccccc1F.